The Kier molecular flexibility index (Phi) is 4.41. The van der Waals surface area contributed by atoms with Gasteiger partial charge in [-0.05, 0) is 19.1 Å². The fourth-order valence-electron chi connectivity index (χ4n) is 3.19. The third-order valence-electron chi connectivity index (χ3n) is 4.66. The number of carbonyl (C=O) groups is 1. The van der Waals surface area contributed by atoms with Gasteiger partial charge in [0.15, 0.2) is 11.6 Å². The summed E-state index contributed by atoms with van der Waals surface area (Å²) in [6, 6.07) is 5.56. The van der Waals surface area contributed by atoms with E-state index in [1.165, 1.54) is 6.20 Å². The molecule has 1 saturated heterocycles. The molecule has 1 N–H and O–H groups in total. The van der Waals surface area contributed by atoms with Crippen molar-refractivity contribution in [3.63, 3.8) is 0 Å². The molecule has 1 aliphatic heterocycles. The number of aromatic amines is 1. The summed E-state index contributed by atoms with van der Waals surface area (Å²) in [4.78, 5) is 39.5. The smallest absolute Gasteiger partial charge is 0.290 e. The summed E-state index contributed by atoms with van der Waals surface area (Å²) >= 11 is 0. The Bertz CT molecular complexity index is 1000. The maximum Gasteiger partial charge on any atom is 0.290 e. The number of piperazine rings is 1. The molecule has 138 valence electrons. The number of hydrogen-bond donors (Lipinski definition) is 1. The maximum absolute atomic E-state index is 12.9. The zero-order chi connectivity index (χ0) is 18.8. The average Bonchev–Trinajstić information content (AvgIpc) is 3.10. The monoisotopic (exact) mass is 365 g/mol. The lowest BCUT2D eigenvalue weighted by Crippen LogP contribution is -2.50. The molecule has 0 bridgehead atoms. The summed E-state index contributed by atoms with van der Waals surface area (Å²) in [7, 11) is 0. The molecule has 3 aromatic heterocycles. The van der Waals surface area contributed by atoms with Crippen LogP contribution in [0.15, 0.2) is 47.8 Å². The van der Waals surface area contributed by atoms with Crippen LogP contribution in [0.4, 0.5) is 5.82 Å². The van der Waals surface area contributed by atoms with Crippen molar-refractivity contribution < 1.29 is 4.79 Å². The molecule has 4 heterocycles. The molecule has 27 heavy (non-hydrogen) atoms. The van der Waals surface area contributed by atoms with Crippen LogP contribution in [-0.4, -0.2) is 61.7 Å². The first kappa shape index (κ1) is 17.0. The van der Waals surface area contributed by atoms with Crippen LogP contribution in [0.2, 0.25) is 0 Å². The van der Waals surface area contributed by atoms with Gasteiger partial charge >= 0.3 is 0 Å². The van der Waals surface area contributed by atoms with Gasteiger partial charge in [-0.15, -0.1) is 0 Å². The first-order valence-electron chi connectivity index (χ1n) is 8.69. The van der Waals surface area contributed by atoms with Gasteiger partial charge in [0.2, 0.25) is 0 Å². The van der Waals surface area contributed by atoms with Crippen LogP contribution in [0, 0.1) is 6.92 Å². The van der Waals surface area contributed by atoms with Crippen LogP contribution in [0.1, 0.15) is 16.1 Å². The summed E-state index contributed by atoms with van der Waals surface area (Å²) in [6.07, 6.45) is 6.34. The van der Waals surface area contributed by atoms with Crippen molar-refractivity contribution in [3.05, 3.63) is 64.6 Å². The highest BCUT2D eigenvalue weighted by Crippen LogP contribution is 2.16. The highest BCUT2D eigenvalue weighted by Gasteiger charge is 2.26. The predicted octanol–water partition coefficient (Wildman–Crippen LogP) is 0.621. The van der Waals surface area contributed by atoms with E-state index in [-0.39, 0.29) is 11.5 Å². The fraction of sp³-hybridized carbons (Fsp3) is 0.278. The van der Waals surface area contributed by atoms with Gasteiger partial charge in [0, 0.05) is 44.8 Å². The Morgan fingerprint density at radius 2 is 1.93 bits per heavy atom. The summed E-state index contributed by atoms with van der Waals surface area (Å²) < 4.78 is 1.66. The highest BCUT2D eigenvalue weighted by molar-refractivity contribution is 5.95. The number of anilines is 1. The molecule has 0 aliphatic carbocycles. The fourth-order valence-corrected chi connectivity index (χ4v) is 3.19. The van der Waals surface area contributed by atoms with Gasteiger partial charge in [-0.25, -0.2) is 14.6 Å². The summed E-state index contributed by atoms with van der Waals surface area (Å²) in [6.45, 7) is 4.00. The van der Waals surface area contributed by atoms with E-state index >= 15 is 0 Å². The predicted molar refractivity (Wildman–Crippen MR) is 99.1 cm³/mol. The number of aromatic nitrogens is 5. The van der Waals surface area contributed by atoms with E-state index in [0.29, 0.717) is 43.4 Å². The normalized spacial score (nSPS) is 14.4. The van der Waals surface area contributed by atoms with E-state index in [1.807, 2.05) is 30.0 Å². The lowest BCUT2D eigenvalue weighted by molar-refractivity contribution is 0.0745. The highest BCUT2D eigenvalue weighted by atomic mass is 16.2. The lowest BCUT2D eigenvalue weighted by Gasteiger charge is -2.34. The largest absolute Gasteiger partial charge is 0.348 e. The minimum Gasteiger partial charge on any atom is -0.348 e. The molecule has 9 nitrogen and oxygen atoms in total. The van der Waals surface area contributed by atoms with Crippen molar-refractivity contribution in [1.82, 2.24) is 29.6 Å². The first-order chi connectivity index (χ1) is 13.1. The number of carbonyl (C=O) groups excluding carboxylic acids is 1. The zero-order valence-corrected chi connectivity index (χ0v) is 14.9. The van der Waals surface area contributed by atoms with Crippen molar-refractivity contribution >= 4 is 11.7 Å². The molecular weight excluding hydrogens is 346 g/mol. The summed E-state index contributed by atoms with van der Waals surface area (Å²) in [5.74, 6) is 1.00. The lowest BCUT2D eigenvalue weighted by atomic mass is 10.2. The van der Waals surface area contributed by atoms with Gasteiger partial charge in [-0.1, -0.05) is 6.07 Å². The maximum atomic E-state index is 12.9. The second-order valence-electron chi connectivity index (χ2n) is 6.26. The minimum atomic E-state index is -0.218. The molecule has 0 aromatic carbocycles. The van der Waals surface area contributed by atoms with E-state index in [0.717, 1.165) is 5.69 Å². The standard InChI is InChI=1S/C18H19N7O2/c1-13-14(12-22-25(13)15-4-2-3-5-19-15)18(27)24-10-8-23(9-11-24)16-17(26)21-7-6-20-16/h2-7,12H,8-11H2,1H3,(H,21,26). The molecule has 9 heteroatoms. The van der Waals surface area contributed by atoms with Gasteiger partial charge in [0.25, 0.3) is 11.5 Å². The number of pyridine rings is 1. The van der Waals surface area contributed by atoms with Crippen molar-refractivity contribution in [2.75, 3.05) is 31.1 Å². The minimum absolute atomic E-state index is 0.0655. The number of rotatable bonds is 3. The van der Waals surface area contributed by atoms with Gasteiger partial charge in [0.05, 0.1) is 17.5 Å². The molecule has 0 saturated carbocycles. The number of H-pyrrole nitrogens is 1. The van der Waals surface area contributed by atoms with Crippen LogP contribution in [0.5, 0.6) is 0 Å². The molecule has 0 spiro atoms. The SMILES string of the molecule is Cc1c(C(=O)N2CCN(c3ncc[nH]c3=O)CC2)cnn1-c1ccccn1. The van der Waals surface area contributed by atoms with Crippen LogP contribution in [0.25, 0.3) is 5.82 Å². The average molecular weight is 365 g/mol. The van der Waals surface area contributed by atoms with Gasteiger partial charge in [-0.2, -0.15) is 5.10 Å². The van der Waals surface area contributed by atoms with Crippen molar-refractivity contribution in [2.45, 2.75) is 6.92 Å². The van der Waals surface area contributed by atoms with E-state index in [4.69, 9.17) is 0 Å². The first-order valence-corrected chi connectivity index (χ1v) is 8.69. The molecule has 3 aromatic rings. The van der Waals surface area contributed by atoms with Crippen LogP contribution < -0.4 is 10.5 Å². The molecule has 1 fully saturated rings. The van der Waals surface area contributed by atoms with Gasteiger partial charge < -0.3 is 14.8 Å². The number of amides is 1. The third kappa shape index (κ3) is 3.19. The van der Waals surface area contributed by atoms with Crippen LogP contribution >= 0.6 is 0 Å². The van der Waals surface area contributed by atoms with Crippen molar-refractivity contribution in [2.24, 2.45) is 0 Å². The van der Waals surface area contributed by atoms with Gasteiger partial charge in [-0.3, -0.25) is 9.59 Å². The molecule has 4 rings (SSSR count). The van der Waals surface area contributed by atoms with E-state index in [9.17, 15) is 9.59 Å². The molecule has 0 atom stereocenters. The molecule has 1 amide bonds. The number of hydrogen-bond acceptors (Lipinski definition) is 6. The summed E-state index contributed by atoms with van der Waals surface area (Å²) in [5.41, 5.74) is 1.09. The molecule has 1 aliphatic rings. The van der Waals surface area contributed by atoms with Gasteiger partial charge in [0.1, 0.15) is 0 Å². The van der Waals surface area contributed by atoms with E-state index in [1.54, 1.807) is 28.2 Å². The second kappa shape index (κ2) is 7.02. The van der Waals surface area contributed by atoms with Crippen molar-refractivity contribution in [1.29, 1.82) is 0 Å². The van der Waals surface area contributed by atoms with E-state index < -0.39 is 0 Å². The Balaban J connectivity index is 1.48. The Morgan fingerprint density at radius 1 is 1.11 bits per heavy atom. The number of nitrogens with zero attached hydrogens (tertiary/aromatic N) is 6. The van der Waals surface area contributed by atoms with Crippen LogP contribution in [0.3, 0.4) is 0 Å². The van der Waals surface area contributed by atoms with E-state index in [2.05, 4.69) is 20.1 Å². The van der Waals surface area contributed by atoms with Crippen molar-refractivity contribution in [3.8, 4) is 5.82 Å². The second-order valence-corrected chi connectivity index (χ2v) is 6.26. The van der Waals surface area contributed by atoms with Crippen LogP contribution in [-0.2, 0) is 0 Å². The number of nitrogens with one attached hydrogen (secondary N) is 1. The molecule has 0 unspecified atom stereocenters. The zero-order valence-electron chi connectivity index (χ0n) is 14.9. The molecular formula is C18H19N7O2. The quantitative estimate of drug-likeness (QED) is 0.730. The molecule has 0 radical (unpaired) electrons. The Labute approximate surface area is 155 Å². The third-order valence-corrected chi connectivity index (χ3v) is 4.66. The topological polar surface area (TPSA) is 100 Å². The summed E-state index contributed by atoms with van der Waals surface area (Å²) in [5, 5.41) is 4.32. The Hall–Kier alpha value is -3.49. The Morgan fingerprint density at radius 3 is 2.63 bits per heavy atom.